The SMILES string of the molecule is CCCC(C)C(=O)NCC(C)(C)C(N)=S. The highest BCUT2D eigenvalue weighted by atomic mass is 32.1. The van der Waals surface area contributed by atoms with Gasteiger partial charge in [-0.3, -0.25) is 4.79 Å². The molecule has 0 aliphatic carbocycles. The first-order valence-corrected chi connectivity index (χ1v) is 5.79. The predicted octanol–water partition coefficient (Wildman–Crippen LogP) is 1.85. The van der Waals surface area contributed by atoms with Gasteiger partial charge in [0.05, 0.1) is 4.99 Å². The summed E-state index contributed by atoms with van der Waals surface area (Å²) in [5, 5.41) is 2.88. The number of carbonyl (C=O) groups excluding carboxylic acids is 1. The molecule has 3 nitrogen and oxygen atoms in total. The zero-order valence-corrected chi connectivity index (χ0v) is 10.9. The van der Waals surface area contributed by atoms with Crippen molar-refractivity contribution in [3.63, 3.8) is 0 Å². The van der Waals surface area contributed by atoms with Crippen LogP contribution in [0.5, 0.6) is 0 Å². The van der Waals surface area contributed by atoms with Gasteiger partial charge in [-0.15, -0.1) is 0 Å². The van der Waals surface area contributed by atoms with Gasteiger partial charge >= 0.3 is 0 Å². The molecule has 1 atom stereocenters. The fourth-order valence-electron chi connectivity index (χ4n) is 1.13. The minimum absolute atomic E-state index is 0.0668. The lowest BCUT2D eigenvalue weighted by Crippen LogP contribution is -2.42. The Labute approximate surface area is 97.8 Å². The Morgan fingerprint density at radius 2 is 2.07 bits per heavy atom. The molecule has 1 unspecified atom stereocenters. The molecule has 0 fully saturated rings. The van der Waals surface area contributed by atoms with E-state index in [1.54, 1.807) is 0 Å². The van der Waals surface area contributed by atoms with Crippen molar-refractivity contribution >= 4 is 23.1 Å². The van der Waals surface area contributed by atoms with Gasteiger partial charge in [0.25, 0.3) is 0 Å². The Balaban J connectivity index is 4.05. The number of amides is 1. The molecular weight excluding hydrogens is 208 g/mol. The third-order valence-corrected chi connectivity index (χ3v) is 3.09. The van der Waals surface area contributed by atoms with Crippen molar-refractivity contribution in [1.29, 1.82) is 0 Å². The van der Waals surface area contributed by atoms with Crippen LogP contribution in [0.25, 0.3) is 0 Å². The normalized spacial score (nSPS) is 13.3. The van der Waals surface area contributed by atoms with Crippen molar-refractivity contribution in [2.24, 2.45) is 17.1 Å². The van der Waals surface area contributed by atoms with Crippen molar-refractivity contribution in [3.05, 3.63) is 0 Å². The first-order valence-electron chi connectivity index (χ1n) is 5.39. The quantitative estimate of drug-likeness (QED) is 0.685. The maximum atomic E-state index is 11.6. The lowest BCUT2D eigenvalue weighted by molar-refractivity contribution is -0.124. The Hall–Kier alpha value is -0.640. The van der Waals surface area contributed by atoms with Crippen LogP contribution in [0.3, 0.4) is 0 Å². The summed E-state index contributed by atoms with van der Waals surface area (Å²) in [4.78, 5) is 12.0. The van der Waals surface area contributed by atoms with Gasteiger partial charge in [-0.1, -0.05) is 46.3 Å². The first kappa shape index (κ1) is 14.4. The van der Waals surface area contributed by atoms with Crippen LogP contribution in [-0.4, -0.2) is 17.4 Å². The van der Waals surface area contributed by atoms with Crippen molar-refractivity contribution in [2.45, 2.75) is 40.5 Å². The van der Waals surface area contributed by atoms with Gasteiger partial charge in [0.15, 0.2) is 0 Å². The molecule has 15 heavy (non-hydrogen) atoms. The Morgan fingerprint density at radius 3 is 2.47 bits per heavy atom. The van der Waals surface area contributed by atoms with Crippen LogP contribution < -0.4 is 11.1 Å². The predicted molar refractivity (Wildman–Crippen MR) is 67.6 cm³/mol. The van der Waals surface area contributed by atoms with Gasteiger partial charge in [0, 0.05) is 17.9 Å². The largest absolute Gasteiger partial charge is 0.393 e. The molecule has 0 spiro atoms. The van der Waals surface area contributed by atoms with E-state index in [1.165, 1.54) is 0 Å². The lowest BCUT2D eigenvalue weighted by atomic mass is 9.93. The van der Waals surface area contributed by atoms with Gasteiger partial charge in [0.2, 0.25) is 5.91 Å². The lowest BCUT2D eigenvalue weighted by Gasteiger charge is -2.24. The molecule has 0 aromatic heterocycles. The molecule has 0 saturated heterocycles. The van der Waals surface area contributed by atoms with Crippen LogP contribution >= 0.6 is 12.2 Å². The second-order valence-corrected chi connectivity index (χ2v) is 5.10. The fraction of sp³-hybridized carbons (Fsp3) is 0.818. The van der Waals surface area contributed by atoms with E-state index in [2.05, 4.69) is 12.2 Å². The van der Waals surface area contributed by atoms with E-state index in [-0.39, 0.29) is 17.2 Å². The third kappa shape index (κ3) is 5.11. The molecule has 0 heterocycles. The Morgan fingerprint density at radius 1 is 1.53 bits per heavy atom. The molecule has 0 rings (SSSR count). The minimum Gasteiger partial charge on any atom is -0.393 e. The molecule has 0 aromatic carbocycles. The molecule has 3 N–H and O–H groups in total. The summed E-state index contributed by atoms with van der Waals surface area (Å²) in [6.07, 6.45) is 1.94. The van der Waals surface area contributed by atoms with E-state index in [4.69, 9.17) is 18.0 Å². The molecule has 0 radical (unpaired) electrons. The van der Waals surface area contributed by atoms with Gasteiger partial charge < -0.3 is 11.1 Å². The van der Waals surface area contributed by atoms with Crippen LogP contribution in [0, 0.1) is 11.3 Å². The summed E-state index contributed by atoms with van der Waals surface area (Å²) in [6.45, 7) is 8.38. The molecule has 4 heteroatoms. The molecule has 88 valence electrons. The average Bonchev–Trinajstić information content (AvgIpc) is 2.14. The standard InChI is InChI=1S/C11H22N2OS/c1-5-6-8(2)9(14)13-7-11(3,4)10(12)15/h8H,5-7H2,1-4H3,(H2,12,15)(H,13,14). The van der Waals surface area contributed by atoms with Crippen LogP contribution in [0.2, 0.25) is 0 Å². The van der Waals surface area contributed by atoms with Gasteiger partial charge in [-0.25, -0.2) is 0 Å². The summed E-state index contributed by atoms with van der Waals surface area (Å²) < 4.78 is 0. The number of nitrogens with one attached hydrogen (secondary N) is 1. The smallest absolute Gasteiger partial charge is 0.222 e. The number of nitrogens with two attached hydrogens (primary N) is 1. The highest BCUT2D eigenvalue weighted by Crippen LogP contribution is 2.14. The van der Waals surface area contributed by atoms with E-state index in [9.17, 15) is 4.79 Å². The van der Waals surface area contributed by atoms with Crippen LogP contribution in [-0.2, 0) is 4.79 Å². The van der Waals surface area contributed by atoms with Crippen molar-refractivity contribution in [1.82, 2.24) is 5.32 Å². The molecule has 1 amide bonds. The average molecular weight is 230 g/mol. The molecule has 0 saturated carbocycles. The third-order valence-electron chi connectivity index (χ3n) is 2.54. The summed E-state index contributed by atoms with van der Waals surface area (Å²) in [5.74, 6) is 0.151. The van der Waals surface area contributed by atoms with Gasteiger partial charge in [-0.2, -0.15) is 0 Å². The second-order valence-electron chi connectivity index (χ2n) is 4.66. The zero-order chi connectivity index (χ0) is 12.1. The van der Waals surface area contributed by atoms with Gasteiger partial charge in [0.1, 0.15) is 0 Å². The zero-order valence-electron chi connectivity index (χ0n) is 10.1. The highest BCUT2D eigenvalue weighted by molar-refractivity contribution is 7.80. The number of hydrogen-bond acceptors (Lipinski definition) is 2. The van der Waals surface area contributed by atoms with E-state index in [0.717, 1.165) is 12.8 Å². The minimum atomic E-state index is -0.309. The fourth-order valence-corrected chi connectivity index (χ4v) is 1.21. The maximum absolute atomic E-state index is 11.6. The maximum Gasteiger partial charge on any atom is 0.222 e. The topological polar surface area (TPSA) is 55.1 Å². The van der Waals surface area contributed by atoms with Crippen LogP contribution in [0.1, 0.15) is 40.5 Å². The Kier molecular flexibility index (Phi) is 5.80. The van der Waals surface area contributed by atoms with E-state index in [0.29, 0.717) is 11.5 Å². The van der Waals surface area contributed by atoms with E-state index < -0.39 is 0 Å². The number of thiocarbonyl (C=S) groups is 1. The highest BCUT2D eigenvalue weighted by Gasteiger charge is 2.23. The Bertz CT molecular complexity index is 239. The van der Waals surface area contributed by atoms with Crippen molar-refractivity contribution in [3.8, 4) is 0 Å². The number of rotatable bonds is 6. The van der Waals surface area contributed by atoms with Crippen LogP contribution in [0.4, 0.5) is 0 Å². The van der Waals surface area contributed by atoms with Crippen LogP contribution in [0.15, 0.2) is 0 Å². The van der Waals surface area contributed by atoms with E-state index in [1.807, 2.05) is 20.8 Å². The van der Waals surface area contributed by atoms with E-state index >= 15 is 0 Å². The monoisotopic (exact) mass is 230 g/mol. The summed E-state index contributed by atoms with van der Waals surface area (Å²) in [7, 11) is 0. The summed E-state index contributed by atoms with van der Waals surface area (Å²) >= 11 is 4.93. The van der Waals surface area contributed by atoms with Crippen molar-refractivity contribution < 1.29 is 4.79 Å². The molecule has 0 aromatic rings. The van der Waals surface area contributed by atoms with Crippen molar-refractivity contribution in [2.75, 3.05) is 6.54 Å². The summed E-state index contributed by atoms with van der Waals surface area (Å²) in [5.41, 5.74) is 5.26. The van der Waals surface area contributed by atoms with Gasteiger partial charge in [-0.05, 0) is 6.42 Å². The second kappa shape index (κ2) is 6.05. The number of carbonyl (C=O) groups is 1. The molecule has 0 aliphatic rings. The molecule has 0 bridgehead atoms. The number of hydrogen-bond donors (Lipinski definition) is 2. The summed E-state index contributed by atoms with van der Waals surface area (Å²) in [6, 6.07) is 0. The molecule has 0 aliphatic heterocycles. The first-order chi connectivity index (χ1) is 6.81. The molecular formula is C11H22N2OS.